The van der Waals surface area contributed by atoms with Crippen LogP contribution >= 0.6 is 12.2 Å². The molecule has 26 heavy (non-hydrogen) atoms. The highest BCUT2D eigenvalue weighted by Gasteiger charge is 2.09. The second-order valence-corrected chi connectivity index (χ2v) is 6.18. The summed E-state index contributed by atoms with van der Waals surface area (Å²) in [6.07, 6.45) is 0.222. The maximum absolute atomic E-state index is 12.2. The maximum Gasteiger partial charge on any atom is 0.230 e. The lowest BCUT2D eigenvalue weighted by atomic mass is 10.1. The van der Waals surface area contributed by atoms with Crippen molar-refractivity contribution >= 4 is 28.9 Å². The summed E-state index contributed by atoms with van der Waals surface area (Å²) in [5.41, 5.74) is 2.47. The van der Waals surface area contributed by atoms with E-state index >= 15 is 0 Å². The summed E-state index contributed by atoms with van der Waals surface area (Å²) < 4.78 is 10.8. The van der Waals surface area contributed by atoms with E-state index in [1.54, 1.807) is 7.11 Å². The lowest BCUT2D eigenvalue weighted by Crippen LogP contribution is -2.35. The lowest BCUT2D eigenvalue weighted by molar-refractivity contribution is -0.119. The van der Waals surface area contributed by atoms with E-state index in [-0.39, 0.29) is 17.4 Å². The van der Waals surface area contributed by atoms with Crippen LogP contribution in [0.15, 0.2) is 60.7 Å². The van der Waals surface area contributed by atoms with Crippen LogP contribution < -0.4 is 20.1 Å². The Balaban J connectivity index is 1.91. The predicted molar refractivity (Wildman–Crippen MR) is 108 cm³/mol. The van der Waals surface area contributed by atoms with Gasteiger partial charge in [0.05, 0.1) is 19.2 Å². The Labute approximate surface area is 159 Å². The summed E-state index contributed by atoms with van der Waals surface area (Å²) in [5, 5.41) is 5.89. The average Bonchev–Trinajstić information content (AvgIpc) is 2.61. The predicted octanol–water partition coefficient (Wildman–Crippen LogP) is 3.71. The van der Waals surface area contributed by atoms with Gasteiger partial charge in [0.15, 0.2) is 5.11 Å². The molecule has 1 amide bonds. The molecule has 2 rings (SSSR count). The molecule has 0 bridgehead atoms. The zero-order chi connectivity index (χ0) is 18.9. The minimum Gasteiger partial charge on any atom is -0.497 e. The quantitative estimate of drug-likeness (QED) is 0.575. The number of rotatable bonds is 7. The number of hydrogen-bond donors (Lipinski definition) is 2. The van der Waals surface area contributed by atoms with Crippen LogP contribution in [0, 0.1) is 0 Å². The van der Waals surface area contributed by atoms with Crippen molar-refractivity contribution in [3.05, 3.63) is 66.2 Å². The number of amides is 1. The molecule has 0 aromatic heterocycles. The van der Waals surface area contributed by atoms with Crippen molar-refractivity contribution < 1.29 is 14.3 Å². The minimum absolute atomic E-state index is 0.201. The monoisotopic (exact) mass is 370 g/mol. The van der Waals surface area contributed by atoms with Crippen LogP contribution in [-0.4, -0.2) is 24.7 Å². The van der Waals surface area contributed by atoms with E-state index < -0.39 is 0 Å². The number of carbonyl (C=O) groups is 1. The number of nitrogens with one attached hydrogen (secondary N) is 2. The Morgan fingerprint density at radius 3 is 2.50 bits per heavy atom. The fourth-order valence-electron chi connectivity index (χ4n) is 2.15. The molecule has 0 aliphatic rings. The summed E-state index contributed by atoms with van der Waals surface area (Å²) >= 11 is 5.23. The Morgan fingerprint density at radius 1 is 1.15 bits per heavy atom. The molecule has 6 heteroatoms. The van der Waals surface area contributed by atoms with Crippen molar-refractivity contribution in [2.45, 2.75) is 13.3 Å². The topological polar surface area (TPSA) is 59.6 Å². The summed E-state index contributed by atoms with van der Waals surface area (Å²) in [6, 6.07) is 14.7. The van der Waals surface area contributed by atoms with Crippen molar-refractivity contribution in [1.29, 1.82) is 0 Å². The fraction of sp³-hybridized carbons (Fsp3) is 0.200. The lowest BCUT2D eigenvalue weighted by Gasteiger charge is -2.14. The molecular formula is C20H22N2O3S. The van der Waals surface area contributed by atoms with Gasteiger partial charge in [0.25, 0.3) is 0 Å². The molecule has 0 fully saturated rings. The standard InChI is InChI=1S/C20H22N2O3S/c1-14(2)13-25-18-7-5-4-6-17(18)21-20(26)22-19(23)12-15-8-10-16(24-3)11-9-15/h4-11H,1,12-13H2,2-3H3,(H2,21,22,23,26). The SMILES string of the molecule is C=C(C)COc1ccccc1NC(=S)NC(=O)Cc1ccc(OC)cc1. The van der Waals surface area contributed by atoms with Crippen molar-refractivity contribution in [3.63, 3.8) is 0 Å². The number of carbonyl (C=O) groups excluding carboxylic acids is 1. The van der Waals surface area contributed by atoms with Crippen LogP contribution in [0.25, 0.3) is 0 Å². The number of benzene rings is 2. The molecule has 0 saturated carbocycles. The zero-order valence-corrected chi connectivity index (χ0v) is 15.7. The van der Waals surface area contributed by atoms with Crippen LogP contribution in [0.2, 0.25) is 0 Å². The van der Waals surface area contributed by atoms with Crippen molar-refractivity contribution in [2.75, 3.05) is 19.0 Å². The van der Waals surface area contributed by atoms with Crippen LogP contribution in [0.4, 0.5) is 5.69 Å². The first-order chi connectivity index (χ1) is 12.5. The van der Waals surface area contributed by atoms with Crippen LogP contribution in [0.3, 0.4) is 0 Å². The first-order valence-corrected chi connectivity index (χ1v) is 8.48. The van der Waals surface area contributed by atoms with Gasteiger partial charge in [-0.15, -0.1) is 0 Å². The minimum atomic E-state index is -0.201. The molecule has 0 radical (unpaired) electrons. The smallest absolute Gasteiger partial charge is 0.230 e. The Bertz CT molecular complexity index is 788. The van der Waals surface area contributed by atoms with Crippen LogP contribution in [0.1, 0.15) is 12.5 Å². The zero-order valence-electron chi connectivity index (χ0n) is 14.9. The van der Waals surface area contributed by atoms with E-state index in [2.05, 4.69) is 17.2 Å². The van der Waals surface area contributed by atoms with Crippen molar-refractivity contribution in [3.8, 4) is 11.5 Å². The van der Waals surface area contributed by atoms with E-state index in [9.17, 15) is 4.79 Å². The highest BCUT2D eigenvalue weighted by atomic mass is 32.1. The molecule has 0 unspecified atom stereocenters. The van der Waals surface area contributed by atoms with E-state index in [0.717, 1.165) is 16.9 Å². The summed E-state index contributed by atoms with van der Waals surface area (Å²) in [7, 11) is 1.60. The normalized spacial score (nSPS) is 9.92. The van der Waals surface area contributed by atoms with Gasteiger partial charge in [-0.2, -0.15) is 0 Å². The number of thiocarbonyl (C=S) groups is 1. The third-order valence-corrected chi connectivity index (χ3v) is 3.59. The van der Waals surface area contributed by atoms with E-state index in [1.807, 2.05) is 55.5 Å². The molecular weight excluding hydrogens is 348 g/mol. The Hall–Kier alpha value is -2.86. The molecule has 2 aromatic carbocycles. The number of anilines is 1. The molecule has 2 aromatic rings. The molecule has 0 saturated heterocycles. The van der Waals surface area contributed by atoms with Gasteiger partial charge in [-0.05, 0) is 54.5 Å². The molecule has 0 heterocycles. The number of ether oxygens (including phenoxy) is 2. The van der Waals surface area contributed by atoms with Crippen LogP contribution in [0.5, 0.6) is 11.5 Å². The van der Waals surface area contributed by atoms with Gasteiger partial charge in [-0.25, -0.2) is 0 Å². The van der Waals surface area contributed by atoms with Gasteiger partial charge >= 0.3 is 0 Å². The van der Waals surface area contributed by atoms with Gasteiger partial charge in [0.1, 0.15) is 18.1 Å². The number of methoxy groups -OCH3 is 1. The van der Waals surface area contributed by atoms with E-state index in [4.69, 9.17) is 21.7 Å². The van der Waals surface area contributed by atoms with Gasteiger partial charge in [0.2, 0.25) is 5.91 Å². The summed E-state index contributed by atoms with van der Waals surface area (Å²) in [6.45, 7) is 6.12. The Morgan fingerprint density at radius 2 is 1.85 bits per heavy atom. The average molecular weight is 370 g/mol. The molecule has 5 nitrogen and oxygen atoms in total. The second kappa shape index (κ2) is 9.58. The van der Waals surface area contributed by atoms with Gasteiger partial charge in [-0.3, -0.25) is 4.79 Å². The highest BCUT2D eigenvalue weighted by Crippen LogP contribution is 2.24. The van der Waals surface area contributed by atoms with Crippen molar-refractivity contribution in [1.82, 2.24) is 5.32 Å². The third kappa shape index (κ3) is 6.22. The maximum atomic E-state index is 12.2. The van der Waals surface area contributed by atoms with E-state index in [0.29, 0.717) is 18.0 Å². The molecule has 136 valence electrons. The molecule has 0 aliphatic carbocycles. The first-order valence-electron chi connectivity index (χ1n) is 8.08. The number of para-hydroxylation sites is 2. The van der Waals surface area contributed by atoms with Gasteiger partial charge in [-0.1, -0.05) is 30.8 Å². The molecule has 0 aliphatic heterocycles. The van der Waals surface area contributed by atoms with Gasteiger partial charge in [0, 0.05) is 0 Å². The van der Waals surface area contributed by atoms with Crippen molar-refractivity contribution in [2.24, 2.45) is 0 Å². The van der Waals surface area contributed by atoms with E-state index in [1.165, 1.54) is 0 Å². The fourth-order valence-corrected chi connectivity index (χ4v) is 2.37. The third-order valence-electron chi connectivity index (χ3n) is 3.39. The first kappa shape index (κ1) is 19.5. The largest absolute Gasteiger partial charge is 0.497 e. The second-order valence-electron chi connectivity index (χ2n) is 5.77. The summed E-state index contributed by atoms with van der Waals surface area (Å²) in [5.74, 6) is 1.19. The highest BCUT2D eigenvalue weighted by molar-refractivity contribution is 7.80. The molecule has 2 N–H and O–H groups in total. The summed E-state index contributed by atoms with van der Waals surface area (Å²) in [4.78, 5) is 12.2. The molecule has 0 atom stereocenters. The number of hydrogen-bond acceptors (Lipinski definition) is 4. The van der Waals surface area contributed by atoms with Gasteiger partial charge < -0.3 is 20.1 Å². The molecule has 0 spiro atoms. The van der Waals surface area contributed by atoms with Crippen LogP contribution in [-0.2, 0) is 11.2 Å². The Kier molecular flexibility index (Phi) is 7.17.